The number of hydrogen-bond acceptors (Lipinski definition) is 5. The first-order valence-corrected chi connectivity index (χ1v) is 6.71. The van der Waals surface area contributed by atoms with Crippen LogP contribution < -0.4 is 5.32 Å². The lowest BCUT2D eigenvalue weighted by atomic mass is 10.1. The van der Waals surface area contributed by atoms with Crippen molar-refractivity contribution in [1.29, 1.82) is 0 Å². The highest BCUT2D eigenvalue weighted by atomic mass is 19.1. The summed E-state index contributed by atoms with van der Waals surface area (Å²) in [5.41, 5.74) is 0.633. The molecule has 6 heteroatoms. The summed E-state index contributed by atoms with van der Waals surface area (Å²) in [6.07, 6.45) is 0.687. The van der Waals surface area contributed by atoms with Gasteiger partial charge in [0.15, 0.2) is 0 Å². The molecule has 0 amide bonds. The molecule has 106 valence electrons. The third-order valence-electron chi connectivity index (χ3n) is 3.43. The van der Waals surface area contributed by atoms with E-state index in [0.717, 1.165) is 19.6 Å². The van der Waals surface area contributed by atoms with Crippen LogP contribution in [0.5, 0.6) is 0 Å². The van der Waals surface area contributed by atoms with Crippen molar-refractivity contribution < 1.29 is 8.91 Å². The number of aromatic nitrogens is 2. The number of nitrogens with zero attached hydrogens (tertiary/aromatic N) is 3. The Morgan fingerprint density at radius 2 is 2.40 bits per heavy atom. The fourth-order valence-electron chi connectivity index (χ4n) is 2.42. The number of piperazine rings is 1. The van der Waals surface area contributed by atoms with Crippen LogP contribution in [0.1, 0.15) is 5.89 Å². The second-order valence-electron chi connectivity index (χ2n) is 5.14. The van der Waals surface area contributed by atoms with Crippen LogP contribution in [0.25, 0.3) is 11.4 Å². The maximum atomic E-state index is 13.2. The van der Waals surface area contributed by atoms with E-state index in [1.165, 1.54) is 12.1 Å². The molecule has 1 saturated heterocycles. The van der Waals surface area contributed by atoms with Crippen LogP contribution in [0.2, 0.25) is 0 Å². The van der Waals surface area contributed by atoms with E-state index < -0.39 is 0 Å². The van der Waals surface area contributed by atoms with E-state index in [-0.39, 0.29) is 5.82 Å². The number of nitrogens with one attached hydrogen (secondary N) is 1. The largest absolute Gasteiger partial charge is 0.339 e. The van der Waals surface area contributed by atoms with Gasteiger partial charge in [-0.15, -0.1) is 0 Å². The van der Waals surface area contributed by atoms with Crippen molar-refractivity contribution in [3.8, 4) is 11.4 Å². The molecule has 0 radical (unpaired) electrons. The number of hydrogen-bond donors (Lipinski definition) is 1. The molecule has 0 bridgehead atoms. The van der Waals surface area contributed by atoms with Gasteiger partial charge in [-0.1, -0.05) is 17.3 Å². The number of halogens is 1. The van der Waals surface area contributed by atoms with E-state index in [1.807, 2.05) is 0 Å². The Labute approximate surface area is 116 Å². The zero-order valence-corrected chi connectivity index (χ0v) is 11.3. The highest BCUT2D eigenvalue weighted by Gasteiger charge is 2.20. The van der Waals surface area contributed by atoms with Crippen molar-refractivity contribution in [1.82, 2.24) is 20.4 Å². The molecule has 20 heavy (non-hydrogen) atoms. The van der Waals surface area contributed by atoms with Gasteiger partial charge in [-0.25, -0.2) is 4.39 Å². The van der Waals surface area contributed by atoms with Crippen molar-refractivity contribution in [2.24, 2.45) is 0 Å². The van der Waals surface area contributed by atoms with Crippen LogP contribution in [0.15, 0.2) is 28.8 Å². The summed E-state index contributed by atoms with van der Waals surface area (Å²) < 4.78 is 18.4. The van der Waals surface area contributed by atoms with Crippen molar-refractivity contribution in [2.75, 3.05) is 26.7 Å². The van der Waals surface area contributed by atoms with Crippen LogP contribution in [0.4, 0.5) is 4.39 Å². The molecule has 1 unspecified atom stereocenters. The van der Waals surface area contributed by atoms with E-state index in [2.05, 4.69) is 27.4 Å². The monoisotopic (exact) mass is 276 g/mol. The molecule has 2 heterocycles. The molecular formula is C14H17FN4O. The summed E-state index contributed by atoms with van der Waals surface area (Å²) >= 11 is 0. The molecule has 1 aliphatic heterocycles. The summed E-state index contributed by atoms with van der Waals surface area (Å²) in [6.45, 7) is 2.97. The summed E-state index contributed by atoms with van der Waals surface area (Å²) in [7, 11) is 2.10. The standard InChI is InChI=1S/C14H17FN4O/c1-19-6-5-16-12(9-19)8-13-17-14(18-20-13)10-3-2-4-11(15)7-10/h2-4,7,12,16H,5-6,8-9H2,1H3. The van der Waals surface area contributed by atoms with Gasteiger partial charge in [-0.2, -0.15) is 4.98 Å². The number of rotatable bonds is 3. The van der Waals surface area contributed by atoms with Crippen LogP contribution in [0, 0.1) is 5.82 Å². The maximum absolute atomic E-state index is 13.2. The Balaban J connectivity index is 1.70. The van der Waals surface area contributed by atoms with Gasteiger partial charge in [0.05, 0.1) is 0 Å². The molecule has 0 spiro atoms. The number of benzene rings is 1. The molecule has 5 nitrogen and oxygen atoms in total. The van der Waals surface area contributed by atoms with E-state index in [1.54, 1.807) is 12.1 Å². The molecule has 0 saturated carbocycles. The van der Waals surface area contributed by atoms with Gasteiger partial charge in [0.2, 0.25) is 11.7 Å². The van der Waals surface area contributed by atoms with E-state index >= 15 is 0 Å². The van der Waals surface area contributed by atoms with Crippen molar-refractivity contribution >= 4 is 0 Å². The van der Waals surface area contributed by atoms with Gasteiger partial charge in [0.25, 0.3) is 0 Å². The zero-order valence-electron chi connectivity index (χ0n) is 11.3. The predicted octanol–water partition coefficient (Wildman–Crippen LogP) is 1.32. The lowest BCUT2D eigenvalue weighted by molar-refractivity contribution is 0.227. The average molecular weight is 276 g/mol. The minimum atomic E-state index is -0.301. The van der Waals surface area contributed by atoms with E-state index in [9.17, 15) is 4.39 Å². The van der Waals surface area contributed by atoms with Gasteiger partial charge in [0.1, 0.15) is 5.82 Å². The molecule has 1 aromatic carbocycles. The molecule has 1 aromatic heterocycles. The Morgan fingerprint density at radius 1 is 1.50 bits per heavy atom. The highest BCUT2D eigenvalue weighted by molar-refractivity contribution is 5.53. The molecule has 1 N–H and O–H groups in total. The molecule has 1 atom stereocenters. The third-order valence-corrected chi connectivity index (χ3v) is 3.43. The summed E-state index contributed by atoms with van der Waals surface area (Å²) in [5, 5.41) is 7.34. The number of likely N-dealkylation sites (N-methyl/N-ethyl adjacent to an activating group) is 1. The van der Waals surface area contributed by atoms with Crippen LogP contribution in [-0.2, 0) is 6.42 Å². The average Bonchev–Trinajstić information content (AvgIpc) is 2.87. The Bertz CT molecular complexity index is 586. The van der Waals surface area contributed by atoms with Crippen LogP contribution >= 0.6 is 0 Å². The first-order valence-electron chi connectivity index (χ1n) is 6.71. The lowest BCUT2D eigenvalue weighted by Crippen LogP contribution is -2.49. The van der Waals surface area contributed by atoms with Gasteiger partial charge >= 0.3 is 0 Å². The van der Waals surface area contributed by atoms with Gasteiger partial charge < -0.3 is 14.7 Å². The van der Waals surface area contributed by atoms with E-state index in [4.69, 9.17) is 4.52 Å². The van der Waals surface area contributed by atoms with Gasteiger partial charge in [-0.05, 0) is 19.2 Å². The minimum absolute atomic E-state index is 0.301. The fraction of sp³-hybridized carbons (Fsp3) is 0.429. The SMILES string of the molecule is CN1CCNC(Cc2nc(-c3cccc(F)c3)no2)C1. The van der Waals surface area contributed by atoms with Crippen molar-refractivity contribution in [3.63, 3.8) is 0 Å². The highest BCUT2D eigenvalue weighted by Crippen LogP contribution is 2.17. The Morgan fingerprint density at radius 3 is 3.20 bits per heavy atom. The topological polar surface area (TPSA) is 54.2 Å². The molecular weight excluding hydrogens is 259 g/mol. The van der Waals surface area contributed by atoms with Crippen LogP contribution in [-0.4, -0.2) is 47.8 Å². The van der Waals surface area contributed by atoms with Crippen molar-refractivity contribution in [3.05, 3.63) is 36.0 Å². The molecule has 3 rings (SSSR count). The summed E-state index contributed by atoms with van der Waals surface area (Å²) in [6, 6.07) is 6.52. The van der Waals surface area contributed by atoms with E-state index in [0.29, 0.717) is 29.7 Å². The van der Waals surface area contributed by atoms with Gasteiger partial charge in [-0.3, -0.25) is 0 Å². The predicted molar refractivity (Wildman–Crippen MR) is 72.7 cm³/mol. The van der Waals surface area contributed by atoms with Gasteiger partial charge in [0, 0.05) is 37.7 Å². The summed E-state index contributed by atoms with van der Waals surface area (Å²) in [4.78, 5) is 6.61. The quantitative estimate of drug-likeness (QED) is 0.916. The smallest absolute Gasteiger partial charge is 0.228 e. The van der Waals surface area contributed by atoms with Crippen molar-refractivity contribution in [2.45, 2.75) is 12.5 Å². The zero-order chi connectivity index (χ0) is 13.9. The first kappa shape index (κ1) is 13.2. The fourth-order valence-corrected chi connectivity index (χ4v) is 2.42. The lowest BCUT2D eigenvalue weighted by Gasteiger charge is -2.29. The summed E-state index contributed by atoms with van der Waals surface area (Å²) in [5.74, 6) is 0.713. The molecule has 1 fully saturated rings. The maximum Gasteiger partial charge on any atom is 0.228 e. The third kappa shape index (κ3) is 3.02. The Hall–Kier alpha value is -1.79. The normalized spacial score (nSPS) is 20.2. The minimum Gasteiger partial charge on any atom is -0.339 e. The first-order chi connectivity index (χ1) is 9.70. The molecule has 1 aliphatic rings. The molecule has 0 aliphatic carbocycles. The van der Waals surface area contributed by atoms with Crippen LogP contribution in [0.3, 0.4) is 0 Å². The Kier molecular flexibility index (Phi) is 3.75. The second kappa shape index (κ2) is 5.68. The second-order valence-corrected chi connectivity index (χ2v) is 5.14. The molecule has 2 aromatic rings.